The summed E-state index contributed by atoms with van der Waals surface area (Å²) in [4.78, 5) is 28.6. The van der Waals surface area contributed by atoms with Crippen LogP contribution in [0.2, 0.25) is 5.02 Å². The molecule has 38 heavy (non-hydrogen) atoms. The first-order valence-electron chi connectivity index (χ1n) is 12.6. The molecule has 0 radical (unpaired) electrons. The average Bonchev–Trinajstić information content (AvgIpc) is 2.92. The number of rotatable bonds is 12. The summed E-state index contributed by atoms with van der Waals surface area (Å²) in [5.41, 5.74) is 1.13. The van der Waals surface area contributed by atoms with Gasteiger partial charge in [0, 0.05) is 18.1 Å². The molecule has 1 N–H and O–H groups in total. The molecule has 202 valence electrons. The minimum absolute atomic E-state index is 0.0719. The molecule has 3 aromatic rings. The predicted molar refractivity (Wildman–Crippen MR) is 151 cm³/mol. The van der Waals surface area contributed by atoms with Gasteiger partial charge in [-0.05, 0) is 54.3 Å². The molecule has 3 rings (SSSR count). The van der Waals surface area contributed by atoms with Gasteiger partial charge in [0.05, 0.1) is 10.6 Å². The zero-order chi connectivity index (χ0) is 27.7. The van der Waals surface area contributed by atoms with Crippen LogP contribution in [0.4, 0.5) is 5.69 Å². The van der Waals surface area contributed by atoms with E-state index in [1.54, 1.807) is 72.8 Å². The van der Waals surface area contributed by atoms with Gasteiger partial charge >= 0.3 is 0 Å². The largest absolute Gasteiger partial charge is 0.354 e. The maximum absolute atomic E-state index is 13.9. The molecule has 2 amide bonds. The van der Waals surface area contributed by atoms with Crippen molar-refractivity contribution in [2.24, 2.45) is 5.92 Å². The topological polar surface area (TPSA) is 86.8 Å². The summed E-state index contributed by atoms with van der Waals surface area (Å²) in [6, 6.07) is 22.7. The minimum Gasteiger partial charge on any atom is -0.354 e. The van der Waals surface area contributed by atoms with Crippen molar-refractivity contribution in [3.05, 3.63) is 95.5 Å². The third-order valence-electron chi connectivity index (χ3n) is 5.99. The monoisotopic (exact) mass is 555 g/mol. The van der Waals surface area contributed by atoms with Gasteiger partial charge in [-0.1, -0.05) is 80.9 Å². The highest BCUT2D eigenvalue weighted by molar-refractivity contribution is 7.92. The molecule has 3 aromatic carbocycles. The van der Waals surface area contributed by atoms with Crippen LogP contribution >= 0.6 is 11.6 Å². The van der Waals surface area contributed by atoms with Gasteiger partial charge in [-0.25, -0.2) is 8.42 Å². The van der Waals surface area contributed by atoms with Crippen LogP contribution < -0.4 is 9.62 Å². The number of carbonyl (C=O) groups is 2. The molecule has 1 atom stereocenters. The number of amides is 2. The van der Waals surface area contributed by atoms with Crippen LogP contribution in [0.3, 0.4) is 0 Å². The molecule has 0 saturated heterocycles. The van der Waals surface area contributed by atoms with Gasteiger partial charge in [0.15, 0.2) is 0 Å². The SMILES string of the molecule is CC[C@@H](C(=O)NCC(C)C)N(Cc1ccc(Cl)cc1)C(=O)CN(c1ccccc1)S(=O)(=O)c1ccccc1. The summed E-state index contributed by atoms with van der Waals surface area (Å²) >= 11 is 6.05. The summed E-state index contributed by atoms with van der Waals surface area (Å²) in [5.74, 6) is -0.531. The van der Waals surface area contributed by atoms with E-state index in [4.69, 9.17) is 11.6 Å². The van der Waals surface area contributed by atoms with Crippen molar-refractivity contribution < 1.29 is 18.0 Å². The van der Waals surface area contributed by atoms with Crippen LogP contribution in [0.5, 0.6) is 0 Å². The Labute approximate surface area is 230 Å². The standard InChI is InChI=1S/C29H34ClN3O4S/c1-4-27(29(35)31-19-22(2)3)32(20-23-15-17-24(30)18-16-23)28(34)21-33(25-11-7-5-8-12-25)38(36,37)26-13-9-6-10-14-26/h5-18,22,27H,4,19-21H2,1-3H3,(H,31,35)/t27-/m0/s1. The van der Waals surface area contributed by atoms with E-state index in [2.05, 4.69) is 5.32 Å². The fraction of sp³-hybridized carbons (Fsp3) is 0.310. The molecule has 0 aliphatic heterocycles. The number of nitrogens with one attached hydrogen (secondary N) is 1. The molecule has 0 spiro atoms. The summed E-state index contributed by atoms with van der Waals surface area (Å²) in [6.07, 6.45) is 0.361. The van der Waals surface area contributed by atoms with Crippen LogP contribution in [-0.2, 0) is 26.2 Å². The summed E-state index contributed by atoms with van der Waals surface area (Å²) in [7, 11) is -4.07. The number of carbonyl (C=O) groups excluding carboxylic acids is 2. The lowest BCUT2D eigenvalue weighted by molar-refractivity contribution is -0.140. The molecule has 9 heteroatoms. The Morgan fingerprint density at radius 3 is 2.03 bits per heavy atom. The normalized spacial score (nSPS) is 12.1. The van der Waals surface area contributed by atoms with Crippen LogP contribution in [0, 0.1) is 5.92 Å². The van der Waals surface area contributed by atoms with Gasteiger partial charge < -0.3 is 10.2 Å². The Balaban J connectivity index is 2.00. The Kier molecular flexibility index (Phi) is 10.3. The van der Waals surface area contributed by atoms with Gasteiger partial charge in [-0.3, -0.25) is 13.9 Å². The number of sulfonamides is 1. The van der Waals surface area contributed by atoms with E-state index in [0.717, 1.165) is 9.87 Å². The highest BCUT2D eigenvalue weighted by Gasteiger charge is 2.33. The smallest absolute Gasteiger partial charge is 0.264 e. The zero-order valence-corrected chi connectivity index (χ0v) is 23.5. The van der Waals surface area contributed by atoms with E-state index in [1.807, 2.05) is 20.8 Å². The van der Waals surface area contributed by atoms with E-state index >= 15 is 0 Å². The first-order valence-corrected chi connectivity index (χ1v) is 14.4. The molecule has 7 nitrogen and oxygen atoms in total. The van der Waals surface area contributed by atoms with Gasteiger partial charge in [0.2, 0.25) is 11.8 Å². The van der Waals surface area contributed by atoms with E-state index in [-0.39, 0.29) is 23.3 Å². The van der Waals surface area contributed by atoms with Crippen LogP contribution in [-0.4, -0.2) is 44.3 Å². The number of hydrogen-bond acceptors (Lipinski definition) is 4. The maximum atomic E-state index is 13.9. The molecule has 0 aliphatic carbocycles. The first-order chi connectivity index (χ1) is 18.1. The summed E-state index contributed by atoms with van der Waals surface area (Å²) in [6.45, 7) is 5.93. The number of benzene rings is 3. The third-order valence-corrected chi connectivity index (χ3v) is 8.03. The van der Waals surface area contributed by atoms with Gasteiger partial charge in [0.1, 0.15) is 12.6 Å². The number of hydrogen-bond donors (Lipinski definition) is 1. The average molecular weight is 556 g/mol. The Bertz CT molecular complexity index is 1300. The van der Waals surface area contributed by atoms with Crippen LogP contribution in [0.15, 0.2) is 89.8 Å². The lowest BCUT2D eigenvalue weighted by atomic mass is 10.1. The van der Waals surface area contributed by atoms with Crippen molar-refractivity contribution in [2.75, 3.05) is 17.4 Å². The molecule has 0 aliphatic rings. The van der Waals surface area contributed by atoms with Gasteiger partial charge in [-0.2, -0.15) is 0 Å². The second kappa shape index (κ2) is 13.4. The molecule has 0 fully saturated rings. The van der Waals surface area contributed by atoms with Gasteiger partial charge in [-0.15, -0.1) is 0 Å². The molecule has 0 aromatic heterocycles. The highest BCUT2D eigenvalue weighted by Crippen LogP contribution is 2.24. The molecule has 0 saturated carbocycles. The first kappa shape index (κ1) is 29.2. The van der Waals surface area contributed by atoms with Crippen molar-refractivity contribution >= 4 is 39.1 Å². The highest BCUT2D eigenvalue weighted by atomic mass is 35.5. The fourth-order valence-electron chi connectivity index (χ4n) is 3.97. The summed E-state index contributed by atoms with van der Waals surface area (Å²) in [5, 5.41) is 3.47. The number of nitrogens with zero attached hydrogens (tertiary/aromatic N) is 2. The lowest BCUT2D eigenvalue weighted by Gasteiger charge is -2.33. The van der Waals surface area contributed by atoms with Crippen LogP contribution in [0.1, 0.15) is 32.8 Å². The van der Waals surface area contributed by atoms with Gasteiger partial charge in [0.25, 0.3) is 10.0 Å². The van der Waals surface area contributed by atoms with E-state index in [9.17, 15) is 18.0 Å². The second-order valence-corrected chi connectivity index (χ2v) is 11.7. The van der Waals surface area contributed by atoms with Crippen molar-refractivity contribution in [3.8, 4) is 0 Å². The Hall–Kier alpha value is -3.36. The second-order valence-electron chi connectivity index (χ2n) is 9.37. The maximum Gasteiger partial charge on any atom is 0.264 e. The van der Waals surface area contributed by atoms with E-state index in [1.165, 1.54) is 17.0 Å². The van der Waals surface area contributed by atoms with Crippen molar-refractivity contribution in [1.82, 2.24) is 10.2 Å². The molecular formula is C29H34ClN3O4S. The quantitative estimate of drug-likeness (QED) is 0.336. The molecular weight excluding hydrogens is 522 g/mol. The molecule has 0 unspecified atom stereocenters. The summed E-state index contributed by atoms with van der Waals surface area (Å²) < 4.78 is 28.5. The van der Waals surface area contributed by atoms with Crippen molar-refractivity contribution in [3.63, 3.8) is 0 Å². The minimum atomic E-state index is -4.07. The van der Waals surface area contributed by atoms with E-state index in [0.29, 0.717) is 23.7 Å². The number of anilines is 1. The number of halogens is 1. The lowest BCUT2D eigenvalue weighted by Crippen LogP contribution is -2.52. The Morgan fingerprint density at radius 2 is 1.47 bits per heavy atom. The fourth-order valence-corrected chi connectivity index (χ4v) is 5.53. The van der Waals surface area contributed by atoms with Crippen molar-refractivity contribution in [1.29, 1.82) is 0 Å². The molecule has 0 bridgehead atoms. The predicted octanol–water partition coefficient (Wildman–Crippen LogP) is 5.11. The Morgan fingerprint density at radius 1 is 0.895 bits per heavy atom. The zero-order valence-electron chi connectivity index (χ0n) is 21.9. The van der Waals surface area contributed by atoms with Crippen LogP contribution in [0.25, 0.3) is 0 Å². The number of para-hydroxylation sites is 1. The van der Waals surface area contributed by atoms with Crippen molar-refractivity contribution in [2.45, 2.75) is 44.7 Å². The third kappa shape index (κ3) is 7.58. The molecule has 0 heterocycles. The van der Waals surface area contributed by atoms with E-state index < -0.39 is 28.5 Å².